The van der Waals surface area contributed by atoms with Gasteiger partial charge in [-0.05, 0) is 45.6 Å². The third-order valence-electron chi connectivity index (χ3n) is 3.03. The first-order chi connectivity index (χ1) is 9.95. The van der Waals surface area contributed by atoms with Gasteiger partial charge in [0.05, 0.1) is 4.92 Å². The van der Waals surface area contributed by atoms with Gasteiger partial charge in [0.25, 0.3) is 11.6 Å². The molecule has 0 spiro atoms. The Morgan fingerprint density at radius 2 is 2.05 bits per heavy atom. The smallest absolute Gasteiger partial charge is 0.292 e. The molecule has 0 fully saturated rings. The van der Waals surface area contributed by atoms with Gasteiger partial charge in [0, 0.05) is 25.2 Å². The quantitative estimate of drug-likeness (QED) is 0.433. The molecule has 1 aromatic rings. The number of nitro groups is 1. The second kappa shape index (κ2) is 8.21. The molecular weight excluding hydrogens is 272 g/mol. The average molecular weight is 294 g/mol. The number of nitro benzene ring substituents is 1. The third-order valence-corrected chi connectivity index (χ3v) is 3.03. The zero-order valence-corrected chi connectivity index (χ0v) is 12.7. The van der Waals surface area contributed by atoms with Gasteiger partial charge in [0.15, 0.2) is 0 Å². The lowest BCUT2D eigenvalue weighted by Gasteiger charge is -2.11. The predicted molar refractivity (Wildman–Crippen MR) is 82.8 cm³/mol. The van der Waals surface area contributed by atoms with Gasteiger partial charge in [-0.2, -0.15) is 0 Å². The van der Waals surface area contributed by atoms with Crippen molar-refractivity contribution in [3.05, 3.63) is 33.9 Å². The Morgan fingerprint density at radius 1 is 1.33 bits per heavy atom. The fraction of sp³-hybridized carbons (Fsp3) is 0.500. The number of amides is 1. The molecule has 116 valence electrons. The van der Waals surface area contributed by atoms with Gasteiger partial charge in [0.1, 0.15) is 5.69 Å². The average Bonchev–Trinajstić information content (AvgIpc) is 2.45. The number of carbonyl (C=O) groups excluding carboxylic acids is 1. The molecule has 0 saturated carbocycles. The van der Waals surface area contributed by atoms with E-state index < -0.39 is 4.92 Å². The lowest BCUT2D eigenvalue weighted by Crippen LogP contribution is -2.18. The molecule has 1 rings (SSSR count). The van der Waals surface area contributed by atoms with Crippen molar-refractivity contribution in [3.63, 3.8) is 0 Å². The summed E-state index contributed by atoms with van der Waals surface area (Å²) in [5.74, 6) is -0.263. The summed E-state index contributed by atoms with van der Waals surface area (Å²) in [6, 6.07) is 4.32. The molecule has 2 N–H and O–H groups in total. The van der Waals surface area contributed by atoms with Gasteiger partial charge in [-0.15, -0.1) is 0 Å². The van der Waals surface area contributed by atoms with Crippen molar-refractivity contribution in [2.24, 2.45) is 0 Å². The normalized spacial score (nSPS) is 10.5. The molecule has 21 heavy (non-hydrogen) atoms. The number of nitrogens with one attached hydrogen (secondary N) is 2. The predicted octanol–water partition coefficient (Wildman–Crippen LogP) is 1.71. The van der Waals surface area contributed by atoms with Crippen molar-refractivity contribution < 1.29 is 9.72 Å². The number of anilines is 1. The van der Waals surface area contributed by atoms with Crippen molar-refractivity contribution in [3.8, 4) is 0 Å². The van der Waals surface area contributed by atoms with Crippen molar-refractivity contribution in [2.75, 3.05) is 39.5 Å². The lowest BCUT2D eigenvalue weighted by atomic mass is 10.1. The Labute approximate surface area is 124 Å². The van der Waals surface area contributed by atoms with E-state index in [2.05, 4.69) is 15.5 Å². The molecule has 0 aliphatic rings. The lowest BCUT2D eigenvalue weighted by molar-refractivity contribution is -0.384. The molecule has 0 radical (unpaired) electrons. The summed E-state index contributed by atoms with van der Waals surface area (Å²) in [6.45, 7) is 1.61. The SMILES string of the molecule is CNC(=O)c1ccc([N+](=O)[O-])c(NCCCCN(C)C)c1. The van der Waals surface area contributed by atoms with Crippen LogP contribution < -0.4 is 10.6 Å². The van der Waals surface area contributed by atoms with Gasteiger partial charge >= 0.3 is 0 Å². The van der Waals surface area contributed by atoms with Gasteiger partial charge in [-0.1, -0.05) is 0 Å². The van der Waals surface area contributed by atoms with Crippen LogP contribution in [-0.4, -0.2) is 50.0 Å². The summed E-state index contributed by atoms with van der Waals surface area (Å²) >= 11 is 0. The van der Waals surface area contributed by atoms with E-state index in [1.165, 1.54) is 25.2 Å². The van der Waals surface area contributed by atoms with Crippen molar-refractivity contribution >= 4 is 17.3 Å². The highest BCUT2D eigenvalue weighted by atomic mass is 16.6. The Kier molecular flexibility index (Phi) is 6.61. The van der Waals surface area contributed by atoms with Crippen LogP contribution in [0.4, 0.5) is 11.4 Å². The minimum absolute atomic E-state index is 0.0183. The maximum absolute atomic E-state index is 11.6. The Bertz CT molecular complexity index is 503. The third kappa shape index (κ3) is 5.39. The molecule has 0 aliphatic heterocycles. The summed E-state index contributed by atoms with van der Waals surface area (Å²) < 4.78 is 0. The molecule has 0 aliphatic carbocycles. The van der Waals surface area contributed by atoms with E-state index in [1.54, 1.807) is 0 Å². The molecule has 0 unspecified atom stereocenters. The molecule has 0 bridgehead atoms. The van der Waals surface area contributed by atoms with Crippen molar-refractivity contribution in [1.82, 2.24) is 10.2 Å². The monoisotopic (exact) mass is 294 g/mol. The Hall–Kier alpha value is -2.15. The fourth-order valence-corrected chi connectivity index (χ4v) is 1.90. The maximum atomic E-state index is 11.6. The van der Waals surface area contributed by atoms with Crippen LogP contribution in [0.5, 0.6) is 0 Å². The summed E-state index contributed by atoms with van der Waals surface area (Å²) in [5.41, 5.74) is 0.764. The number of unbranched alkanes of at least 4 members (excludes halogenated alkanes) is 1. The van der Waals surface area contributed by atoms with Crippen LogP contribution in [0.15, 0.2) is 18.2 Å². The Balaban J connectivity index is 2.72. The van der Waals surface area contributed by atoms with E-state index in [0.717, 1.165) is 19.4 Å². The number of benzene rings is 1. The largest absolute Gasteiger partial charge is 0.379 e. The number of nitrogens with zero attached hydrogens (tertiary/aromatic N) is 2. The highest BCUT2D eigenvalue weighted by Crippen LogP contribution is 2.25. The molecule has 0 saturated heterocycles. The fourth-order valence-electron chi connectivity index (χ4n) is 1.90. The molecular formula is C14H22N4O3. The van der Waals surface area contributed by atoms with E-state index in [9.17, 15) is 14.9 Å². The molecule has 1 amide bonds. The summed E-state index contributed by atoms with van der Waals surface area (Å²) in [4.78, 5) is 24.2. The minimum atomic E-state index is -0.449. The maximum Gasteiger partial charge on any atom is 0.292 e. The number of carbonyl (C=O) groups is 1. The summed E-state index contributed by atoms with van der Waals surface area (Å²) in [7, 11) is 5.54. The van der Waals surface area contributed by atoms with Crippen LogP contribution in [0.3, 0.4) is 0 Å². The van der Waals surface area contributed by atoms with Crippen LogP contribution in [0, 0.1) is 10.1 Å². The minimum Gasteiger partial charge on any atom is -0.379 e. The zero-order valence-electron chi connectivity index (χ0n) is 12.7. The topological polar surface area (TPSA) is 87.5 Å². The summed E-state index contributed by atoms with van der Waals surface area (Å²) in [5, 5.41) is 16.6. The van der Waals surface area contributed by atoms with E-state index in [1.807, 2.05) is 14.1 Å². The van der Waals surface area contributed by atoms with E-state index in [4.69, 9.17) is 0 Å². The van der Waals surface area contributed by atoms with Crippen molar-refractivity contribution in [1.29, 1.82) is 0 Å². The zero-order chi connectivity index (χ0) is 15.8. The Morgan fingerprint density at radius 3 is 2.62 bits per heavy atom. The van der Waals surface area contributed by atoms with Crippen LogP contribution in [0.2, 0.25) is 0 Å². The molecule has 7 nitrogen and oxygen atoms in total. The molecule has 0 aromatic heterocycles. The standard InChI is InChI=1S/C14H22N4O3/c1-15-14(19)11-6-7-13(18(20)21)12(10-11)16-8-4-5-9-17(2)3/h6-7,10,16H,4-5,8-9H2,1-3H3,(H,15,19). The first kappa shape index (κ1) is 16.9. The van der Waals surface area contributed by atoms with Gasteiger partial charge in [-0.25, -0.2) is 0 Å². The molecule has 7 heteroatoms. The molecule has 0 heterocycles. The number of rotatable bonds is 8. The van der Waals surface area contributed by atoms with Crippen LogP contribution in [0.1, 0.15) is 23.2 Å². The highest BCUT2D eigenvalue weighted by molar-refractivity contribution is 5.95. The van der Waals surface area contributed by atoms with Crippen LogP contribution in [0.25, 0.3) is 0 Å². The second-order valence-corrected chi connectivity index (χ2v) is 5.01. The number of hydrogen-bond donors (Lipinski definition) is 2. The van der Waals surface area contributed by atoms with E-state index in [-0.39, 0.29) is 11.6 Å². The molecule has 1 aromatic carbocycles. The first-order valence-electron chi connectivity index (χ1n) is 6.85. The van der Waals surface area contributed by atoms with E-state index in [0.29, 0.717) is 17.8 Å². The van der Waals surface area contributed by atoms with Gasteiger partial charge < -0.3 is 15.5 Å². The van der Waals surface area contributed by atoms with Crippen LogP contribution >= 0.6 is 0 Å². The summed E-state index contributed by atoms with van der Waals surface area (Å²) in [6.07, 6.45) is 1.91. The first-order valence-corrected chi connectivity index (χ1v) is 6.85. The molecule has 0 atom stereocenters. The van der Waals surface area contributed by atoms with Gasteiger partial charge in [-0.3, -0.25) is 14.9 Å². The van der Waals surface area contributed by atoms with Crippen molar-refractivity contribution in [2.45, 2.75) is 12.8 Å². The second-order valence-electron chi connectivity index (χ2n) is 5.01. The highest BCUT2D eigenvalue weighted by Gasteiger charge is 2.15. The number of hydrogen-bond acceptors (Lipinski definition) is 5. The van der Waals surface area contributed by atoms with E-state index >= 15 is 0 Å². The van der Waals surface area contributed by atoms with Crippen LogP contribution in [-0.2, 0) is 0 Å². The van der Waals surface area contributed by atoms with Gasteiger partial charge in [0.2, 0.25) is 0 Å².